The summed E-state index contributed by atoms with van der Waals surface area (Å²) in [4.78, 5) is 24.1. The number of hydrogen-bond donors (Lipinski definition) is 2. The van der Waals surface area contributed by atoms with Gasteiger partial charge in [0, 0.05) is 19.1 Å². The molecule has 11 heteroatoms. The number of likely N-dealkylation sites (tertiary alicyclic amines) is 1. The number of alkyl halides is 3. The number of hydrogen-bond acceptors (Lipinski definition) is 5. The van der Waals surface area contributed by atoms with Crippen LogP contribution in [0.2, 0.25) is 0 Å². The Bertz CT molecular complexity index is 1080. The zero-order valence-corrected chi connectivity index (χ0v) is 21.0. The summed E-state index contributed by atoms with van der Waals surface area (Å²) in [6.45, 7) is 10.3. The maximum absolute atomic E-state index is 13.3. The summed E-state index contributed by atoms with van der Waals surface area (Å²) >= 11 is 0. The summed E-state index contributed by atoms with van der Waals surface area (Å²) in [6.07, 6.45) is -1.16. The van der Waals surface area contributed by atoms with Crippen molar-refractivity contribution in [1.29, 1.82) is 0 Å². The molecule has 1 saturated carbocycles. The van der Waals surface area contributed by atoms with Gasteiger partial charge in [-0.15, -0.1) is 5.10 Å². The monoisotopic (exact) mass is 509 g/mol. The number of aromatic nitrogens is 3. The molecule has 8 nitrogen and oxygen atoms in total. The molecule has 3 atom stereocenters. The lowest BCUT2D eigenvalue weighted by Crippen LogP contribution is -2.34. The normalized spacial score (nSPS) is 21.7. The number of carbonyl (C=O) groups is 2. The van der Waals surface area contributed by atoms with Gasteiger partial charge in [-0.2, -0.15) is 13.2 Å². The van der Waals surface area contributed by atoms with E-state index in [4.69, 9.17) is 15.6 Å². The molecule has 2 heterocycles. The van der Waals surface area contributed by atoms with Crippen LogP contribution in [0.3, 0.4) is 0 Å². The Morgan fingerprint density at radius 3 is 2.22 bits per heavy atom. The molecule has 198 valence electrons. The first-order chi connectivity index (χ1) is 16.7. The van der Waals surface area contributed by atoms with Gasteiger partial charge in [-0.1, -0.05) is 51.5 Å². The van der Waals surface area contributed by atoms with Crippen molar-refractivity contribution in [2.45, 2.75) is 71.0 Å². The number of halogens is 3. The minimum atomic E-state index is -5.08. The SMILES string of the molecule is CCCc1c(C(=O)N2CC3CCC(N)C3C2)nnn1-c1ccc(C(C)(C)C)cc1.O=C(O)C(F)(F)F. The molecule has 1 saturated heterocycles. The van der Waals surface area contributed by atoms with Gasteiger partial charge in [0.2, 0.25) is 0 Å². The van der Waals surface area contributed by atoms with Crippen LogP contribution in [-0.4, -0.2) is 62.2 Å². The van der Waals surface area contributed by atoms with E-state index >= 15 is 0 Å². The summed E-state index contributed by atoms with van der Waals surface area (Å²) in [6, 6.07) is 8.64. The molecule has 4 rings (SSSR count). The number of rotatable bonds is 4. The van der Waals surface area contributed by atoms with Crippen LogP contribution in [0.25, 0.3) is 5.69 Å². The first-order valence-corrected chi connectivity index (χ1v) is 12.1. The molecule has 3 N–H and O–H groups in total. The Morgan fingerprint density at radius 1 is 1.11 bits per heavy atom. The van der Waals surface area contributed by atoms with Crippen molar-refractivity contribution in [3.8, 4) is 5.69 Å². The van der Waals surface area contributed by atoms with Crippen molar-refractivity contribution in [3.05, 3.63) is 41.2 Å². The maximum atomic E-state index is 13.3. The van der Waals surface area contributed by atoms with E-state index in [9.17, 15) is 18.0 Å². The molecular weight excluding hydrogens is 475 g/mol. The third kappa shape index (κ3) is 6.05. The summed E-state index contributed by atoms with van der Waals surface area (Å²) in [7, 11) is 0. The fourth-order valence-electron chi connectivity index (χ4n) is 4.86. The van der Waals surface area contributed by atoms with Crippen LogP contribution in [0.4, 0.5) is 13.2 Å². The van der Waals surface area contributed by atoms with Gasteiger partial charge in [0.25, 0.3) is 5.91 Å². The number of benzene rings is 1. The third-order valence-electron chi connectivity index (χ3n) is 6.87. The predicted octanol–water partition coefficient (Wildman–Crippen LogP) is 3.96. The van der Waals surface area contributed by atoms with Crippen LogP contribution >= 0.6 is 0 Å². The molecule has 1 aliphatic heterocycles. The largest absolute Gasteiger partial charge is 0.490 e. The topological polar surface area (TPSA) is 114 Å². The van der Waals surface area contributed by atoms with Gasteiger partial charge in [0.05, 0.1) is 11.4 Å². The highest BCUT2D eigenvalue weighted by molar-refractivity contribution is 5.93. The van der Waals surface area contributed by atoms with Gasteiger partial charge in [-0.3, -0.25) is 4.79 Å². The fourth-order valence-corrected chi connectivity index (χ4v) is 4.86. The molecule has 2 fully saturated rings. The smallest absolute Gasteiger partial charge is 0.475 e. The zero-order chi connectivity index (χ0) is 26.8. The summed E-state index contributed by atoms with van der Waals surface area (Å²) in [5, 5.41) is 15.8. The Morgan fingerprint density at radius 2 is 1.72 bits per heavy atom. The number of nitrogens with two attached hydrogens (primary N) is 1. The van der Waals surface area contributed by atoms with Gasteiger partial charge < -0.3 is 15.7 Å². The quantitative estimate of drug-likeness (QED) is 0.645. The van der Waals surface area contributed by atoms with E-state index in [0.717, 1.165) is 50.2 Å². The number of amides is 1. The Labute approximate surface area is 208 Å². The standard InChI is InChI=1S/C23H33N5O.C2HF3O2/c1-5-6-20-21(22(29)27-13-15-7-12-19(24)18(15)14-27)25-26-28(20)17-10-8-16(9-11-17)23(2,3)4;3-2(4,5)1(6)7/h8-11,15,18-19H,5-7,12-14,24H2,1-4H3;(H,6,7). The molecule has 0 radical (unpaired) electrons. The van der Waals surface area contributed by atoms with E-state index in [1.807, 2.05) is 9.58 Å². The Balaban J connectivity index is 0.000000454. The molecule has 0 bridgehead atoms. The fraction of sp³-hybridized carbons (Fsp3) is 0.600. The van der Waals surface area contributed by atoms with E-state index in [1.54, 1.807) is 0 Å². The Hall–Kier alpha value is -2.95. The number of nitrogens with zero attached hydrogens (tertiary/aromatic N) is 4. The highest BCUT2D eigenvalue weighted by atomic mass is 19.4. The lowest BCUT2D eigenvalue weighted by molar-refractivity contribution is -0.192. The van der Waals surface area contributed by atoms with Gasteiger partial charge >= 0.3 is 12.1 Å². The van der Waals surface area contributed by atoms with Crippen LogP contribution in [0, 0.1) is 11.8 Å². The summed E-state index contributed by atoms with van der Waals surface area (Å²) in [5.74, 6) is -1.77. The maximum Gasteiger partial charge on any atom is 0.490 e. The van der Waals surface area contributed by atoms with E-state index in [1.165, 1.54) is 5.56 Å². The number of carboxylic acid groups (broad SMARTS) is 1. The van der Waals surface area contributed by atoms with Gasteiger partial charge in [0.1, 0.15) is 0 Å². The summed E-state index contributed by atoms with van der Waals surface area (Å²) in [5.41, 5.74) is 9.98. The lowest BCUT2D eigenvalue weighted by Gasteiger charge is -2.19. The second-order valence-electron chi connectivity index (χ2n) is 10.5. The Kier molecular flexibility index (Phi) is 8.12. The van der Waals surface area contributed by atoms with Crippen LogP contribution in [-0.2, 0) is 16.6 Å². The van der Waals surface area contributed by atoms with Crippen LogP contribution in [0.5, 0.6) is 0 Å². The van der Waals surface area contributed by atoms with Crippen molar-refractivity contribution in [1.82, 2.24) is 19.9 Å². The van der Waals surface area contributed by atoms with E-state index in [0.29, 0.717) is 17.5 Å². The molecule has 2 aromatic rings. The second kappa shape index (κ2) is 10.6. The average molecular weight is 510 g/mol. The molecule has 1 aliphatic carbocycles. The lowest BCUT2D eigenvalue weighted by atomic mass is 9.87. The first kappa shape index (κ1) is 27.6. The van der Waals surface area contributed by atoms with Crippen LogP contribution in [0.1, 0.15) is 68.7 Å². The minimum Gasteiger partial charge on any atom is -0.475 e. The van der Waals surface area contributed by atoms with Crippen molar-refractivity contribution in [3.63, 3.8) is 0 Å². The molecule has 36 heavy (non-hydrogen) atoms. The summed E-state index contributed by atoms with van der Waals surface area (Å²) < 4.78 is 33.6. The molecule has 1 amide bonds. The number of carboxylic acids is 1. The average Bonchev–Trinajstić information content (AvgIpc) is 3.49. The van der Waals surface area contributed by atoms with E-state index in [2.05, 4.69) is 62.3 Å². The number of aliphatic carboxylic acids is 1. The molecule has 1 aromatic heterocycles. The van der Waals surface area contributed by atoms with Crippen molar-refractivity contribution in [2.75, 3.05) is 13.1 Å². The van der Waals surface area contributed by atoms with Crippen molar-refractivity contribution in [2.24, 2.45) is 17.6 Å². The second-order valence-corrected chi connectivity index (χ2v) is 10.5. The number of fused-ring (bicyclic) bond motifs is 1. The van der Waals surface area contributed by atoms with Crippen LogP contribution in [0.15, 0.2) is 24.3 Å². The highest BCUT2D eigenvalue weighted by Crippen LogP contribution is 2.37. The molecule has 0 spiro atoms. The van der Waals surface area contributed by atoms with Crippen LogP contribution < -0.4 is 5.73 Å². The molecule has 3 unspecified atom stereocenters. The molecule has 1 aromatic carbocycles. The van der Waals surface area contributed by atoms with Crippen molar-refractivity contribution < 1.29 is 27.9 Å². The van der Waals surface area contributed by atoms with E-state index in [-0.39, 0.29) is 17.4 Å². The zero-order valence-electron chi connectivity index (χ0n) is 21.0. The number of carbonyl (C=O) groups excluding carboxylic acids is 1. The van der Waals surface area contributed by atoms with Gasteiger partial charge in [-0.25, -0.2) is 9.48 Å². The molecule has 2 aliphatic rings. The third-order valence-corrected chi connectivity index (χ3v) is 6.87. The molecular formula is C25H34F3N5O3. The van der Waals surface area contributed by atoms with Gasteiger partial charge in [0.15, 0.2) is 5.69 Å². The van der Waals surface area contributed by atoms with E-state index < -0.39 is 12.1 Å². The van der Waals surface area contributed by atoms with Gasteiger partial charge in [-0.05, 0) is 54.2 Å². The minimum absolute atomic E-state index is 0.00705. The predicted molar refractivity (Wildman–Crippen MR) is 128 cm³/mol. The first-order valence-electron chi connectivity index (χ1n) is 12.1. The highest BCUT2D eigenvalue weighted by Gasteiger charge is 2.43. The van der Waals surface area contributed by atoms with Crippen molar-refractivity contribution >= 4 is 11.9 Å².